The number of aromatic amines is 1. The molecule has 0 aromatic carbocycles. The van der Waals surface area contributed by atoms with Crippen LogP contribution in [0.25, 0.3) is 0 Å². The van der Waals surface area contributed by atoms with Gasteiger partial charge in [-0.3, -0.25) is 19.2 Å². The Morgan fingerprint density at radius 1 is 1.03 bits per heavy atom. The summed E-state index contributed by atoms with van der Waals surface area (Å²) in [6.07, 6.45) is 3.81. The maximum absolute atomic E-state index is 12.9. The Kier molecular flexibility index (Phi) is 12.4. The summed E-state index contributed by atoms with van der Waals surface area (Å²) in [7, 11) is 0. The number of nitrogens with zero attached hydrogens (tertiary/aromatic N) is 1. The molecular weight excluding hydrogens is 460 g/mol. The van der Waals surface area contributed by atoms with Gasteiger partial charge in [0.05, 0.1) is 18.8 Å². The molecule has 4 atom stereocenters. The predicted octanol–water partition coefficient (Wildman–Crippen LogP) is -2.52. The highest BCUT2D eigenvalue weighted by Crippen LogP contribution is 2.07. The number of unbranched alkanes of at least 4 members (excludes halogenated alkanes) is 1. The van der Waals surface area contributed by atoms with Crippen LogP contribution in [-0.4, -0.2) is 75.4 Å². The minimum atomic E-state index is -1.46. The third kappa shape index (κ3) is 10.5. The lowest BCUT2D eigenvalue weighted by molar-refractivity contribution is -0.142. The van der Waals surface area contributed by atoms with E-state index in [-0.39, 0.29) is 12.3 Å². The Hall–Kier alpha value is -3.52. The van der Waals surface area contributed by atoms with Gasteiger partial charge in [-0.15, -0.1) is 0 Å². The molecule has 4 unspecified atom stereocenters. The summed E-state index contributed by atoms with van der Waals surface area (Å²) in [5.74, 6) is -4.82. The maximum atomic E-state index is 12.9. The molecule has 1 rings (SSSR count). The smallest absolute Gasteiger partial charge is 0.326 e. The van der Waals surface area contributed by atoms with Gasteiger partial charge in [0.15, 0.2) is 0 Å². The zero-order valence-electron chi connectivity index (χ0n) is 20.0. The summed E-state index contributed by atoms with van der Waals surface area (Å²) in [6.45, 7) is 3.83. The summed E-state index contributed by atoms with van der Waals surface area (Å²) < 4.78 is 0. The van der Waals surface area contributed by atoms with E-state index in [9.17, 15) is 29.1 Å². The molecule has 35 heavy (non-hydrogen) atoms. The van der Waals surface area contributed by atoms with E-state index in [1.54, 1.807) is 13.8 Å². The van der Waals surface area contributed by atoms with Crippen molar-refractivity contribution in [1.29, 1.82) is 0 Å². The summed E-state index contributed by atoms with van der Waals surface area (Å²) in [5.41, 5.74) is 17.0. The van der Waals surface area contributed by atoms with Crippen molar-refractivity contribution in [3.05, 3.63) is 18.2 Å². The van der Waals surface area contributed by atoms with E-state index in [0.29, 0.717) is 31.5 Å². The van der Waals surface area contributed by atoms with Crippen LogP contribution >= 0.6 is 0 Å². The molecule has 0 aliphatic carbocycles. The second-order valence-corrected chi connectivity index (χ2v) is 8.53. The Bertz CT molecular complexity index is 860. The minimum absolute atomic E-state index is 0.106. The van der Waals surface area contributed by atoms with E-state index in [0.717, 1.165) is 0 Å². The van der Waals surface area contributed by atoms with E-state index in [2.05, 4.69) is 25.9 Å². The topological polar surface area (TPSA) is 248 Å². The number of carboxylic acid groups (broad SMARTS) is 1. The third-order valence-corrected chi connectivity index (χ3v) is 5.18. The molecule has 0 saturated carbocycles. The van der Waals surface area contributed by atoms with Crippen LogP contribution in [0.4, 0.5) is 0 Å². The molecule has 0 bridgehead atoms. The van der Waals surface area contributed by atoms with Gasteiger partial charge in [0.25, 0.3) is 0 Å². The van der Waals surface area contributed by atoms with Crippen molar-refractivity contribution in [2.45, 2.75) is 70.1 Å². The van der Waals surface area contributed by atoms with Gasteiger partial charge in [0.2, 0.25) is 23.6 Å². The highest BCUT2D eigenvalue weighted by Gasteiger charge is 2.32. The van der Waals surface area contributed by atoms with Gasteiger partial charge >= 0.3 is 5.97 Å². The van der Waals surface area contributed by atoms with Crippen LogP contribution in [0.3, 0.4) is 0 Å². The molecule has 14 nitrogen and oxygen atoms in total. The number of hydrogen-bond donors (Lipinski definition) is 8. The van der Waals surface area contributed by atoms with Crippen LogP contribution < -0.4 is 33.2 Å². The Balaban J connectivity index is 2.90. The molecule has 4 amide bonds. The number of carbonyl (C=O) groups excluding carboxylic acids is 4. The van der Waals surface area contributed by atoms with Gasteiger partial charge in [-0.25, -0.2) is 9.78 Å². The average molecular weight is 497 g/mol. The number of imidazole rings is 1. The van der Waals surface area contributed by atoms with E-state index in [1.807, 2.05) is 0 Å². The fourth-order valence-corrected chi connectivity index (χ4v) is 3.20. The molecule has 0 fully saturated rings. The largest absolute Gasteiger partial charge is 0.480 e. The van der Waals surface area contributed by atoms with Crippen molar-refractivity contribution >= 4 is 29.6 Å². The number of carbonyl (C=O) groups is 5. The maximum Gasteiger partial charge on any atom is 0.326 e. The molecule has 196 valence electrons. The van der Waals surface area contributed by atoms with Crippen LogP contribution in [0.5, 0.6) is 0 Å². The number of aromatic nitrogens is 2. The van der Waals surface area contributed by atoms with Crippen LogP contribution in [0.15, 0.2) is 12.5 Å². The van der Waals surface area contributed by atoms with Crippen molar-refractivity contribution in [2.75, 3.05) is 6.54 Å². The van der Waals surface area contributed by atoms with Crippen LogP contribution in [0.1, 0.15) is 45.2 Å². The lowest BCUT2D eigenvalue weighted by atomic mass is 10.0. The highest BCUT2D eigenvalue weighted by molar-refractivity contribution is 5.96. The molecule has 1 heterocycles. The molecule has 0 spiro atoms. The number of amides is 4. The molecule has 14 heteroatoms. The molecule has 11 N–H and O–H groups in total. The molecule has 0 aliphatic rings. The van der Waals surface area contributed by atoms with Gasteiger partial charge in [-0.1, -0.05) is 20.3 Å². The molecule has 0 aliphatic heterocycles. The first kappa shape index (κ1) is 29.5. The summed E-state index contributed by atoms with van der Waals surface area (Å²) in [6, 6.07) is -4.73. The number of H-pyrrole nitrogens is 1. The first-order valence-electron chi connectivity index (χ1n) is 11.3. The molecule has 0 radical (unpaired) electrons. The van der Waals surface area contributed by atoms with Crippen molar-refractivity contribution in [1.82, 2.24) is 25.9 Å². The van der Waals surface area contributed by atoms with E-state index in [4.69, 9.17) is 17.2 Å². The monoisotopic (exact) mass is 496 g/mol. The Morgan fingerprint density at radius 3 is 2.20 bits per heavy atom. The van der Waals surface area contributed by atoms with Gasteiger partial charge in [0.1, 0.15) is 18.1 Å². The number of nitrogens with two attached hydrogens (primary N) is 3. The SMILES string of the molecule is CC(C)C(NC(=O)C(N)CCCCN)C(=O)NC(CC(N)=O)C(=O)NC(Cc1cnc[nH]1)C(=O)O. The zero-order chi connectivity index (χ0) is 26.5. The zero-order valence-corrected chi connectivity index (χ0v) is 20.0. The van der Waals surface area contributed by atoms with E-state index < -0.39 is 60.2 Å². The molecule has 0 saturated heterocycles. The minimum Gasteiger partial charge on any atom is -0.480 e. The van der Waals surface area contributed by atoms with Crippen molar-refractivity contribution in [3.8, 4) is 0 Å². The van der Waals surface area contributed by atoms with Crippen molar-refractivity contribution in [2.24, 2.45) is 23.1 Å². The number of aliphatic carboxylic acids is 1. The number of primary amides is 1. The number of rotatable bonds is 16. The van der Waals surface area contributed by atoms with Crippen LogP contribution in [0, 0.1) is 5.92 Å². The van der Waals surface area contributed by atoms with Gasteiger partial charge in [0, 0.05) is 18.3 Å². The first-order chi connectivity index (χ1) is 16.5. The summed E-state index contributed by atoms with van der Waals surface area (Å²) in [4.78, 5) is 67.8. The first-order valence-corrected chi connectivity index (χ1v) is 11.3. The molecular formula is C21H36N8O6. The third-order valence-electron chi connectivity index (χ3n) is 5.18. The van der Waals surface area contributed by atoms with Crippen LogP contribution in [-0.2, 0) is 30.4 Å². The predicted molar refractivity (Wildman–Crippen MR) is 125 cm³/mol. The van der Waals surface area contributed by atoms with Crippen LogP contribution in [0.2, 0.25) is 0 Å². The van der Waals surface area contributed by atoms with E-state index >= 15 is 0 Å². The Morgan fingerprint density at radius 2 is 1.69 bits per heavy atom. The summed E-state index contributed by atoms with van der Waals surface area (Å²) in [5, 5.41) is 16.7. The summed E-state index contributed by atoms with van der Waals surface area (Å²) >= 11 is 0. The molecule has 1 aromatic heterocycles. The normalized spacial score (nSPS) is 14.4. The quantitative estimate of drug-likeness (QED) is 0.112. The van der Waals surface area contributed by atoms with Crippen molar-refractivity contribution < 1.29 is 29.1 Å². The number of nitrogens with one attached hydrogen (secondary N) is 4. The van der Waals surface area contributed by atoms with Gasteiger partial charge in [-0.05, 0) is 25.3 Å². The van der Waals surface area contributed by atoms with Gasteiger partial charge in [-0.2, -0.15) is 0 Å². The molecule has 1 aromatic rings. The second-order valence-electron chi connectivity index (χ2n) is 8.53. The second kappa shape index (κ2) is 14.7. The number of carboxylic acids is 1. The fraction of sp³-hybridized carbons (Fsp3) is 0.619. The lowest BCUT2D eigenvalue weighted by Crippen LogP contribution is -2.59. The average Bonchev–Trinajstić information content (AvgIpc) is 3.28. The lowest BCUT2D eigenvalue weighted by Gasteiger charge is -2.26. The Labute approximate surface area is 203 Å². The van der Waals surface area contributed by atoms with E-state index in [1.165, 1.54) is 12.5 Å². The fourth-order valence-electron chi connectivity index (χ4n) is 3.20. The standard InChI is InChI=1S/C21H36N8O6/c1-11(2)17(29-18(31)13(23)5-3-4-6-22)20(33)27-14(8-16(24)30)19(32)28-15(21(34)35)7-12-9-25-10-26-12/h9-11,13-15,17H,3-8,22-23H2,1-2H3,(H2,24,30)(H,25,26)(H,27,33)(H,28,32)(H,29,31)(H,34,35). The van der Waals surface area contributed by atoms with Gasteiger partial charge < -0.3 is 43.2 Å². The number of hydrogen-bond acceptors (Lipinski definition) is 8. The highest BCUT2D eigenvalue weighted by atomic mass is 16.4. The van der Waals surface area contributed by atoms with Crippen molar-refractivity contribution in [3.63, 3.8) is 0 Å².